The molecule has 0 unspecified atom stereocenters. The third-order valence-corrected chi connectivity index (χ3v) is 3.33. The molecule has 0 spiro atoms. The molecular formula is C16H20FN3O2. The van der Waals surface area contributed by atoms with Gasteiger partial charge in [-0.1, -0.05) is 0 Å². The fourth-order valence-electron chi connectivity index (χ4n) is 2.44. The second-order valence-electron chi connectivity index (χ2n) is 6.35. The summed E-state index contributed by atoms with van der Waals surface area (Å²) in [6.45, 7) is 6.70. The van der Waals surface area contributed by atoms with Crippen molar-refractivity contribution < 1.29 is 13.9 Å². The number of benzene rings is 1. The number of anilines is 1. The van der Waals surface area contributed by atoms with Crippen molar-refractivity contribution in [1.29, 1.82) is 5.26 Å². The van der Waals surface area contributed by atoms with Gasteiger partial charge in [-0.15, -0.1) is 0 Å². The SMILES string of the molecule is CC(C)(C)OC(=O)N[C@H]1CCN(c2ccc(F)cc2C#N)C1. The lowest BCUT2D eigenvalue weighted by atomic mass is 10.1. The summed E-state index contributed by atoms with van der Waals surface area (Å²) in [4.78, 5) is 13.7. The molecule has 1 saturated heterocycles. The molecule has 1 heterocycles. The largest absolute Gasteiger partial charge is 0.444 e. The molecule has 22 heavy (non-hydrogen) atoms. The number of hydrogen-bond donors (Lipinski definition) is 1. The quantitative estimate of drug-likeness (QED) is 0.912. The fraction of sp³-hybridized carbons (Fsp3) is 0.500. The lowest BCUT2D eigenvalue weighted by Gasteiger charge is -2.23. The number of ether oxygens (including phenoxy) is 1. The fourth-order valence-corrected chi connectivity index (χ4v) is 2.44. The molecule has 118 valence electrons. The smallest absolute Gasteiger partial charge is 0.407 e. The molecular weight excluding hydrogens is 285 g/mol. The van der Waals surface area contributed by atoms with Gasteiger partial charge in [-0.2, -0.15) is 5.26 Å². The maximum absolute atomic E-state index is 13.2. The second kappa shape index (κ2) is 6.22. The molecule has 1 fully saturated rings. The van der Waals surface area contributed by atoms with Crippen LogP contribution in [0.4, 0.5) is 14.9 Å². The zero-order chi connectivity index (χ0) is 16.3. The molecule has 0 saturated carbocycles. The van der Waals surface area contributed by atoms with E-state index in [9.17, 15) is 9.18 Å². The third-order valence-electron chi connectivity index (χ3n) is 3.33. The van der Waals surface area contributed by atoms with E-state index >= 15 is 0 Å². The predicted octanol–water partition coefficient (Wildman–Crippen LogP) is 2.80. The molecule has 1 aliphatic rings. The van der Waals surface area contributed by atoms with Gasteiger partial charge in [0.15, 0.2) is 0 Å². The molecule has 1 aromatic carbocycles. The molecule has 0 aromatic heterocycles. The molecule has 1 atom stereocenters. The van der Waals surface area contributed by atoms with Crippen molar-refractivity contribution in [3.8, 4) is 6.07 Å². The minimum Gasteiger partial charge on any atom is -0.444 e. The van der Waals surface area contributed by atoms with E-state index in [1.165, 1.54) is 12.1 Å². The summed E-state index contributed by atoms with van der Waals surface area (Å²) < 4.78 is 18.4. The van der Waals surface area contributed by atoms with Gasteiger partial charge in [-0.3, -0.25) is 0 Å². The van der Waals surface area contributed by atoms with Crippen molar-refractivity contribution in [3.05, 3.63) is 29.6 Å². The van der Waals surface area contributed by atoms with Crippen molar-refractivity contribution in [1.82, 2.24) is 5.32 Å². The number of amides is 1. The van der Waals surface area contributed by atoms with Crippen LogP contribution in [-0.4, -0.2) is 30.8 Å². The van der Waals surface area contributed by atoms with Gasteiger partial charge in [0.25, 0.3) is 0 Å². The number of nitrogens with zero attached hydrogens (tertiary/aromatic N) is 2. The molecule has 6 heteroatoms. The summed E-state index contributed by atoms with van der Waals surface area (Å²) in [5.41, 5.74) is 0.461. The highest BCUT2D eigenvalue weighted by molar-refractivity contribution is 5.68. The standard InChI is InChI=1S/C16H20FN3O2/c1-16(2,3)22-15(21)19-13-6-7-20(10-13)14-5-4-12(17)8-11(14)9-18/h4-5,8,13H,6-7,10H2,1-3H3,(H,19,21)/t13-/m0/s1. The average molecular weight is 305 g/mol. The first kappa shape index (κ1) is 16.1. The van der Waals surface area contributed by atoms with Crippen LogP contribution in [0.1, 0.15) is 32.8 Å². The highest BCUT2D eigenvalue weighted by Gasteiger charge is 2.27. The Morgan fingerprint density at radius 2 is 2.23 bits per heavy atom. The number of alkyl carbamates (subject to hydrolysis) is 1. The predicted molar refractivity (Wildman–Crippen MR) is 81.1 cm³/mol. The number of nitriles is 1. The maximum atomic E-state index is 13.2. The molecule has 0 bridgehead atoms. The minimum atomic E-state index is -0.534. The number of carbonyl (C=O) groups is 1. The maximum Gasteiger partial charge on any atom is 0.407 e. The average Bonchev–Trinajstić information content (AvgIpc) is 2.84. The number of hydrogen-bond acceptors (Lipinski definition) is 4. The molecule has 1 aliphatic heterocycles. The van der Waals surface area contributed by atoms with Gasteiger partial charge in [-0.05, 0) is 45.4 Å². The van der Waals surface area contributed by atoms with Crippen molar-refractivity contribution in [2.75, 3.05) is 18.0 Å². The van der Waals surface area contributed by atoms with E-state index in [-0.39, 0.29) is 6.04 Å². The Kier molecular flexibility index (Phi) is 4.55. The van der Waals surface area contributed by atoms with E-state index < -0.39 is 17.5 Å². The van der Waals surface area contributed by atoms with Crippen LogP contribution in [0.2, 0.25) is 0 Å². The lowest BCUT2D eigenvalue weighted by molar-refractivity contribution is 0.0509. The number of carbonyl (C=O) groups excluding carboxylic acids is 1. The van der Waals surface area contributed by atoms with Crippen LogP contribution in [0.3, 0.4) is 0 Å². The monoisotopic (exact) mass is 305 g/mol. The summed E-state index contributed by atoms with van der Waals surface area (Å²) >= 11 is 0. The summed E-state index contributed by atoms with van der Waals surface area (Å²) in [5.74, 6) is -0.428. The third kappa shape index (κ3) is 4.10. The molecule has 0 radical (unpaired) electrons. The summed E-state index contributed by atoms with van der Waals surface area (Å²) in [6.07, 6.45) is 0.306. The molecule has 1 amide bonds. The molecule has 2 rings (SSSR count). The number of rotatable bonds is 2. The number of halogens is 1. The van der Waals surface area contributed by atoms with Gasteiger partial charge in [0.05, 0.1) is 17.3 Å². The topological polar surface area (TPSA) is 65.4 Å². The first-order valence-electron chi connectivity index (χ1n) is 7.22. The van der Waals surface area contributed by atoms with Crippen LogP contribution in [0.5, 0.6) is 0 Å². The van der Waals surface area contributed by atoms with Crippen LogP contribution in [0.15, 0.2) is 18.2 Å². The van der Waals surface area contributed by atoms with Gasteiger partial charge in [0, 0.05) is 13.1 Å². The van der Waals surface area contributed by atoms with Gasteiger partial charge in [0.1, 0.15) is 17.5 Å². The molecule has 5 nitrogen and oxygen atoms in total. The van der Waals surface area contributed by atoms with E-state index in [1.807, 2.05) is 31.7 Å². The highest BCUT2D eigenvalue weighted by atomic mass is 19.1. The van der Waals surface area contributed by atoms with Crippen molar-refractivity contribution in [2.45, 2.75) is 38.8 Å². The van der Waals surface area contributed by atoms with Gasteiger partial charge >= 0.3 is 6.09 Å². The summed E-state index contributed by atoms with van der Waals surface area (Å²) in [5, 5.41) is 11.9. The van der Waals surface area contributed by atoms with Crippen LogP contribution in [-0.2, 0) is 4.74 Å². The van der Waals surface area contributed by atoms with E-state index in [0.29, 0.717) is 24.3 Å². The van der Waals surface area contributed by atoms with Crippen LogP contribution in [0, 0.1) is 17.1 Å². The Morgan fingerprint density at radius 3 is 2.86 bits per heavy atom. The lowest BCUT2D eigenvalue weighted by Crippen LogP contribution is -2.40. The normalized spacial score (nSPS) is 18.0. The Labute approximate surface area is 129 Å². The zero-order valence-corrected chi connectivity index (χ0v) is 13.0. The Hall–Kier alpha value is -2.29. The summed E-state index contributed by atoms with van der Waals surface area (Å²) in [6, 6.07) is 6.12. The molecule has 1 N–H and O–H groups in total. The van der Waals surface area contributed by atoms with Gasteiger partial charge in [-0.25, -0.2) is 9.18 Å². The zero-order valence-electron chi connectivity index (χ0n) is 13.0. The minimum absolute atomic E-state index is 0.0496. The van der Waals surface area contributed by atoms with Crippen LogP contribution in [0.25, 0.3) is 0 Å². The van der Waals surface area contributed by atoms with E-state index in [2.05, 4.69) is 5.32 Å². The Bertz CT molecular complexity index is 604. The van der Waals surface area contributed by atoms with Gasteiger partial charge < -0.3 is 15.0 Å². The summed E-state index contributed by atoms with van der Waals surface area (Å²) in [7, 11) is 0. The molecule has 0 aliphatic carbocycles. The number of nitrogens with one attached hydrogen (secondary N) is 1. The van der Waals surface area contributed by atoms with E-state index in [4.69, 9.17) is 10.00 Å². The Balaban J connectivity index is 1.99. The Morgan fingerprint density at radius 1 is 1.50 bits per heavy atom. The van der Waals surface area contributed by atoms with Crippen LogP contribution >= 0.6 is 0 Å². The first-order valence-corrected chi connectivity index (χ1v) is 7.22. The highest BCUT2D eigenvalue weighted by Crippen LogP contribution is 2.25. The van der Waals surface area contributed by atoms with E-state index in [1.54, 1.807) is 6.07 Å². The second-order valence-corrected chi connectivity index (χ2v) is 6.35. The first-order chi connectivity index (χ1) is 10.3. The van der Waals surface area contributed by atoms with E-state index in [0.717, 1.165) is 6.42 Å². The van der Waals surface area contributed by atoms with Gasteiger partial charge in [0.2, 0.25) is 0 Å². The molecule has 1 aromatic rings. The van der Waals surface area contributed by atoms with Crippen molar-refractivity contribution in [3.63, 3.8) is 0 Å². The van der Waals surface area contributed by atoms with Crippen molar-refractivity contribution in [2.24, 2.45) is 0 Å². The van der Waals surface area contributed by atoms with Crippen molar-refractivity contribution >= 4 is 11.8 Å². The van der Waals surface area contributed by atoms with Crippen LogP contribution < -0.4 is 10.2 Å².